The minimum atomic E-state index is -0.741. The number of benzene rings is 4. The minimum absolute atomic E-state index is 0.166. The van der Waals surface area contributed by atoms with Gasteiger partial charge in [0.1, 0.15) is 25.1 Å². The van der Waals surface area contributed by atoms with Crippen molar-refractivity contribution < 1.29 is 19.0 Å². The lowest BCUT2D eigenvalue weighted by Gasteiger charge is -2.18. The van der Waals surface area contributed by atoms with E-state index in [1.165, 1.54) is 0 Å². The molecule has 0 heterocycles. The monoisotopic (exact) mass is 423 g/mol. The molecule has 0 spiro atoms. The molecule has 0 bridgehead atoms. The lowest BCUT2D eigenvalue weighted by molar-refractivity contribution is 0.0927. The Morgan fingerprint density at radius 3 is 1.78 bits per heavy atom. The first-order valence-corrected chi connectivity index (χ1v) is 10.3. The highest BCUT2D eigenvalue weighted by molar-refractivity contribution is 5.63. The van der Waals surface area contributed by atoms with E-state index in [4.69, 9.17) is 14.2 Å². The van der Waals surface area contributed by atoms with Crippen molar-refractivity contribution in [2.24, 2.45) is 0 Å². The molecule has 4 aromatic rings. The second kappa shape index (κ2) is 10.9. The molecule has 0 aliphatic carbocycles. The number of carbonyl (C=O) groups excluding carboxylic acids is 1. The van der Waals surface area contributed by atoms with Gasteiger partial charge in [0.15, 0.2) is 0 Å². The molecule has 4 nitrogen and oxygen atoms in total. The van der Waals surface area contributed by atoms with Gasteiger partial charge in [0.05, 0.1) is 0 Å². The van der Waals surface area contributed by atoms with Crippen LogP contribution in [0.3, 0.4) is 0 Å². The van der Waals surface area contributed by atoms with Crippen LogP contribution in [-0.4, -0.2) is 6.16 Å². The third-order valence-corrected chi connectivity index (χ3v) is 4.83. The summed E-state index contributed by atoms with van der Waals surface area (Å²) in [6.45, 7) is 1.88. The molecule has 0 amide bonds. The van der Waals surface area contributed by atoms with Gasteiger partial charge in [-0.05, 0) is 34.4 Å². The molecule has 0 aliphatic heterocycles. The van der Waals surface area contributed by atoms with E-state index in [-0.39, 0.29) is 12.7 Å². The maximum Gasteiger partial charge on any atom is 0.514 e. The lowest BCUT2D eigenvalue weighted by atomic mass is 10.0. The summed E-state index contributed by atoms with van der Waals surface area (Å²) in [6, 6.07) is 36.7. The lowest BCUT2D eigenvalue weighted by Crippen LogP contribution is -2.10. The van der Waals surface area contributed by atoms with E-state index >= 15 is 0 Å². The summed E-state index contributed by atoms with van der Waals surface area (Å²) in [5.41, 5.74) is 3.89. The van der Waals surface area contributed by atoms with Gasteiger partial charge in [-0.1, -0.05) is 103 Å². The van der Waals surface area contributed by atoms with Gasteiger partial charge >= 0.3 is 6.16 Å². The molecule has 0 aliphatic rings. The molecular formula is C28H23O4. The van der Waals surface area contributed by atoms with Crippen molar-refractivity contribution in [3.8, 4) is 5.75 Å². The van der Waals surface area contributed by atoms with Gasteiger partial charge in [-0.25, -0.2) is 4.79 Å². The summed E-state index contributed by atoms with van der Waals surface area (Å²) in [5.74, 6) is 0.405. The van der Waals surface area contributed by atoms with Crippen molar-refractivity contribution in [3.05, 3.63) is 144 Å². The summed E-state index contributed by atoms with van der Waals surface area (Å²) in [6.07, 6.45) is -0.962. The standard InChI is InChI=1S/C28H23O4/c29-28(31-21-22-10-4-1-5-11-22)32-26-18-16-23(17-19-26)20-30-27(24-12-6-2-7-13-24)25-14-8-3-9-15-25/h1-20,27H,21H2. The third-order valence-electron chi connectivity index (χ3n) is 4.83. The average Bonchev–Trinajstić information content (AvgIpc) is 2.86. The second-order valence-corrected chi connectivity index (χ2v) is 7.15. The van der Waals surface area contributed by atoms with Crippen molar-refractivity contribution in [2.45, 2.75) is 12.7 Å². The molecule has 4 rings (SSSR count). The first-order chi connectivity index (χ1) is 15.8. The van der Waals surface area contributed by atoms with Gasteiger partial charge in [-0.3, -0.25) is 0 Å². The number of ether oxygens (including phenoxy) is 3. The summed E-state index contributed by atoms with van der Waals surface area (Å²) in [5, 5.41) is 0. The van der Waals surface area contributed by atoms with Crippen molar-refractivity contribution in [2.75, 3.05) is 0 Å². The Hall–Kier alpha value is -3.89. The molecule has 1 radical (unpaired) electrons. The molecule has 0 fully saturated rings. The molecule has 0 saturated heterocycles. The van der Waals surface area contributed by atoms with Crippen LogP contribution in [0.25, 0.3) is 0 Å². The van der Waals surface area contributed by atoms with Gasteiger partial charge in [-0.15, -0.1) is 0 Å². The van der Waals surface area contributed by atoms with E-state index in [1.54, 1.807) is 18.7 Å². The fourth-order valence-electron chi connectivity index (χ4n) is 3.21. The van der Waals surface area contributed by atoms with Gasteiger partial charge in [0.2, 0.25) is 0 Å². The first kappa shape index (κ1) is 21.3. The van der Waals surface area contributed by atoms with E-state index in [1.807, 2.05) is 103 Å². The zero-order chi connectivity index (χ0) is 22.0. The van der Waals surface area contributed by atoms with Gasteiger partial charge < -0.3 is 14.2 Å². The maximum absolute atomic E-state index is 11.9. The van der Waals surface area contributed by atoms with Crippen molar-refractivity contribution in [3.63, 3.8) is 0 Å². The second-order valence-electron chi connectivity index (χ2n) is 7.15. The van der Waals surface area contributed by atoms with Crippen LogP contribution in [-0.2, 0) is 16.1 Å². The number of carbonyl (C=O) groups is 1. The Bertz CT molecular complexity index is 1060. The topological polar surface area (TPSA) is 44.8 Å². The largest absolute Gasteiger partial charge is 0.514 e. The summed E-state index contributed by atoms with van der Waals surface area (Å²) in [4.78, 5) is 11.9. The highest BCUT2D eigenvalue weighted by atomic mass is 16.7. The van der Waals surface area contributed by atoms with Crippen LogP contribution in [0.1, 0.15) is 28.4 Å². The highest BCUT2D eigenvalue weighted by Gasteiger charge is 2.15. The Labute approximate surface area is 188 Å². The van der Waals surface area contributed by atoms with Crippen LogP contribution in [0.15, 0.2) is 115 Å². The quantitative estimate of drug-likeness (QED) is 0.233. The molecule has 4 aromatic carbocycles. The highest BCUT2D eigenvalue weighted by Crippen LogP contribution is 2.28. The van der Waals surface area contributed by atoms with Crippen LogP contribution in [0, 0.1) is 6.61 Å². The molecule has 0 saturated carbocycles. The van der Waals surface area contributed by atoms with E-state index in [0.29, 0.717) is 5.75 Å². The number of rotatable bonds is 8. The minimum Gasteiger partial charge on any atom is -0.429 e. The summed E-state index contributed by atoms with van der Waals surface area (Å²) in [7, 11) is 0. The Kier molecular flexibility index (Phi) is 7.29. The van der Waals surface area contributed by atoms with Crippen LogP contribution in [0.5, 0.6) is 5.75 Å². The van der Waals surface area contributed by atoms with Gasteiger partial charge in [-0.2, -0.15) is 0 Å². The third kappa shape index (κ3) is 6.06. The molecular weight excluding hydrogens is 400 g/mol. The van der Waals surface area contributed by atoms with E-state index in [0.717, 1.165) is 22.3 Å². The van der Waals surface area contributed by atoms with E-state index in [9.17, 15) is 4.79 Å². The summed E-state index contributed by atoms with van der Waals surface area (Å²) < 4.78 is 16.5. The smallest absolute Gasteiger partial charge is 0.429 e. The molecule has 0 aromatic heterocycles. The SMILES string of the molecule is O=C(OCc1ccccc1)Oc1ccc([CH]OC(c2ccccc2)c2ccccc2)cc1. The maximum atomic E-state index is 11.9. The van der Waals surface area contributed by atoms with Crippen LogP contribution < -0.4 is 4.74 Å². The Morgan fingerprint density at radius 2 is 1.22 bits per heavy atom. The van der Waals surface area contributed by atoms with Gasteiger partial charge in [0.25, 0.3) is 0 Å². The summed E-state index contributed by atoms with van der Waals surface area (Å²) >= 11 is 0. The van der Waals surface area contributed by atoms with Crippen LogP contribution in [0.4, 0.5) is 4.79 Å². The van der Waals surface area contributed by atoms with Gasteiger partial charge in [0, 0.05) is 0 Å². The Morgan fingerprint density at radius 1 is 0.688 bits per heavy atom. The zero-order valence-electron chi connectivity index (χ0n) is 17.5. The predicted octanol–water partition coefficient (Wildman–Crippen LogP) is 6.72. The Balaban J connectivity index is 1.34. The zero-order valence-corrected chi connectivity index (χ0v) is 17.5. The van der Waals surface area contributed by atoms with Crippen molar-refractivity contribution >= 4 is 6.16 Å². The molecule has 0 atom stereocenters. The predicted molar refractivity (Wildman–Crippen MR) is 123 cm³/mol. The van der Waals surface area contributed by atoms with Crippen LogP contribution >= 0.6 is 0 Å². The molecule has 32 heavy (non-hydrogen) atoms. The normalized spacial score (nSPS) is 10.7. The number of hydrogen-bond acceptors (Lipinski definition) is 4. The first-order valence-electron chi connectivity index (χ1n) is 10.3. The average molecular weight is 423 g/mol. The fourth-order valence-corrected chi connectivity index (χ4v) is 3.21. The molecule has 4 heteroatoms. The number of hydrogen-bond donors (Lipinski definition) is 0. The van der Waals surface area contributed by atoms with Crippen molar-refractivity contribution in [1.82, 2.24) is 0 Å². The molecule has 0 unspecified atom stereocenters. The van der Waals surface area contributed by atoms with E-state index in [2.05, 4.69) is 0 Å². The molecule has 0 N–H and O–H groups in total. The molecule has 159 valence electrons. The fraction of sp³-hybridized carbons (Fsp3) is 0.0714. The van der Waals surface area contributed by atoms with Crippen molar-refractivity contribution in [1.29, 1.82) is 0 Å². The van der Waals surface area contributed by atoms with Crippen LogP contribution in [0.2, 0.25) is 0 Å². The van der Waals surface area contributed by atoms with E-state index < -0.39 is 6.16 Å².